The lowest BCUT2D eigenvalue weighted by Crippen LogP contribution is -2.80. The van der Waals surface area contributed by atoms with Gasteiger partial charge in [-0.25, -0.2) is 15.2 Å². The zero-order chi connectivity index (χ0) is 22.8. The van der Waals surface area contributed by atoms with Crippen molar-refractivity contribution in [2.24, 2.45) is 28.4 Å². The van der Waals surface area contributed by atoms with Crippen LogP contribution in [0.5, 0.6) is 5.75 Å². The van der Waals surface area contributed by atoms with Gasteiger partial charge in [-0.2, -0.15) is 10.5 Å². The summed E-state index contributed by atoms with van der Waals surface area (Å²) < 4.78 is 5.22. The van der Waals surface area contributed by atoms with Gasteiger partial charge in [0.25, 0.3) is 0 Å². The first-order valence-corrected chi connectivity index (χ1v) is 9.90. The van der Waals surface area contributed by atoms with Crippen LogP contribution in [0, 0.1) is 50.7 Å². The van der Waals surface area contributed by atoms with Crippen LogP contribution in [0.4, 0.5) is 4.79 Å². The average Bonchev–Trinajstić information content (AvgIpc) is 2.92. The van der Waals surface area contributed by atoms with Crippen molar-refractivity contribution < 1.29 is 14.3 Å². The summed E-state index contributed by atoms with van der Waals surface area (Å²) in [4.78, 5) is 25.2. The Morgan fingerprint density at radius 2 is 1.94 bits per heavy atom. The van der Waals surface area contributed by atoms with Crippen molar-refractivity contribution >= 4 is 17.8 Å². The lowest BCUT2D eigenvalue weighted by atomic mass is 9.42. The molecule has 10 heteroatoms. The normalized spacial score (nSPS) is 35.4. The van der Waals surface area contributed by atoms with Gasteiger partial charge in [-0.1, -0.05) is 26.0 Å². The molecule has 10 nitrogen and oxygen atoms in total. The van der Waals surface area contributed by atoms with Crippen LogP contribution in [0.2, 0.25) is 0 Å². The van der Waals surface area contributed by atoms with Gasteiger partial charge in [0.05, 0.1) is 19.2 Å². The number of rotatable bonds is 4. The summed E-state index contributed by atoms with van der Waals surface area (Å²) in [5.74, 6) is -1.83. The number of nitriles is 2. The van der Waals surface area contributed by atoms with Gasteiger partial charge < -0.3 is 15.8 Å². The summed E-state index contributed by atoms with van der Waals surface area (Å²) in [6.07, 6.45) is 0.216. The van der Waals surface area contributed by atoms with Gasteiger partial charge in [-0.15, -0.1) is 0 Å². The third-order valence-corrected chi connectivity index (χ3v) is 7.08. The first-order chi connectivity index (χ1) is 14.7. The number of amides is 3. The molecule has 1 saturated carbocycles. The summed E-state index contributed by atoms with van der Waals surface area (Å²) in [7, 11) is 1.54. The molecular formula is C21H23N7O3. The number of hydrazine groups is 1. The molecule has 3 saturated heterocycles. The topological polar surface area (TPSA) is 168 Å². The van der Waals surface area contributed by atoms with E-state index in [9.17, 15) is 20.1 Å². The number of carbonyl (C=O) groups is 2. The Morgan fingerprint density at radius 3 is 2.42 bits per heavy atom. The van der Waals surface area contributed by atoms with E-state index in [4.69, 9.17) is 15.9 Å². The molecule has 31 heavy (non-hydrogen) atoms. The predicted molar refractivity (Wildman–Crippen MR) is 108 cm³/mol. The minimum absolute atomic E-state index is 0.214. The lowest BCUT2D eigenvalue weighted by molar-refractivity contribution is -0.135. The van der Waals surface area contributed by atoms with Gasteiger partial charge in [0.15, 0.2) is 10.8 Å². The fraction of sp³-hybridized carbons (Fsp3) is 0.476. The van der Waals surface area contributed by atoms with Crippen LogP contribution in [-0.2, 0) is 4.79 Å². The molecule has 3 bridgehead atoms. The summed E-state index contributed by atoms with van der Waals surface area (Å²) in [5, 5.41) is 34.0. The summed E-state index contributed by atoms with van der Waals surface area (Å²) in [6, 6.07) is 10.5. The smallest absolute Gasteiger partial charge is 0.331 e. The monoisotopic (exact) mass is 421 g/mol. The SMILES string of the molecule is COc1ccc(C2CC34NC(=O)C(C#N)(C3C(C)C)C2(C#N)C(=N)N4NC(N)=O)cc1. The van der Waals surface area contributed by atoms with Crippen molar-refractivity contribution in [3.05, 3.63) is 29.8 Å². The Hall–Kier alpha value is -3.79. The Kier molecular flexibility index (Phi) is 4.20. The molecule has 160 valence electrons. The van der Waals surface area contributed by atoms with E-state index in [1.807, 2.05) is 13.8 Å². The first kappa shape index (κ1) is 20.5. The fourth-order valence-corrected chi connectivity index (χ4v) is 6.18. The molecule has 4 fully saturated rings. The number of hydrogen-bond donors (Lipinski definition) is 4. The Bertz CT molecular complexity index is 1070. The largest absolute Gasteiger partial charge is 0.497 e. The maximum absolute atomic E-state index is 13.4. The van der Waals surface area contributed by atoms with Gasteiger partial charge in [0.1, 0.15) is 17.2 Å². The van der Waals surface area contributed by atoms with Gasteiger partial charge in [-0.05, 0) is 23.6 Å². The first-order valence-electron chi connectivity index (χ1n) is 9.90. The van der Waals surface area contributed by atoms with Crippen molar-refractivity contribution in [1.82, 2.24) is 15.8 Å². The maximum Gasteiger partial charge on any atom is 0.331 e. The highest BCUT2D eigenvalue weighted by Gasteiger charge is 2.86. The quantitative estimate of drug-likeness (QED) is 0.569. The number of urea groups is 1. The highest BCUT2D eigenvalue weighted by Crippen LogP contribution is 2.72. The number of fused-ring (bicyclic) bond motifs is 2. The molecule has 3 heterocycles. The third kappa shape index (κ3) is 2.12. The molecule has 5 N–H and O–H groups in total. The summed E-state index contributed by atoms with van der Waals surface area (Å²) in [5.41, 5.74) is 3.59. The fourth-order valence-electron chi connectivity index (χ4n) is 6.18. The number of primary amides is 1. The minimum atomic E-state index is -1.84. The van der Waals surface area contributed by atoms with Crippen LogP contribution in [0.1, 0.15) is 31.7 Å². The van der Waals surface area contributed by atoms with E-state index in [1.165, 1.54) is 12.1 Å². The standard InChI is InChI=1S/C21H23N7O3/c1-11(2)15-20(10-23)17(29)26-21(15)8-14(12-4-6-13(31-3)7-5-12)19(20,9-22)16(24)28(21)27-18(25)30/h4-7,11,14-15,24H,8H2,1-3H3,(H,26,29)(H3,25,27,30). The number of amidine groups is 1. The second kappa shape index (κ2) is 6.35. The molecule has 1 aromatic rings. The van der Waals surface area contributed by atoms with E-state index in [1.54, 1.807) is 24.3 Å². The van der Waals surface area contributed by atoms with Crippen LogP contribution in [0.3, 0.4) is 0 Å². The number of hydrogen-bond acceptors (Lipinski definition) is 6. The third-order valence-electron chi connectivity index (χ3n) is 7.08. The molecule has 1 aromatic carbocycles. The van der Waals surface area contributed by atoms with E-state index >= 15 is 0 Å². The molecule has 5 unspecified atom stereocenters. The van der Waals surface area contributed by atoms with E-state index in [-0.39, 0.29) is 18.2 Å². The lowest BCUT2D eigenvalue weighted by Gasteiger charge is -2.64. The maximum atomic E-state index is 13.4. The number of piperidine rings is 2. The zero-order valence-corrected chi connectivity index (χ0v) is 17.4. The number of nitrogens with two attached hydrogens (primary N) is 1. The summed E-state index contributed by atoms with van der Waals surface area (Å²) in [6.45, 7) is 3.72. The Morgan fingerprint density at radius 1 is 1.32 bits per heavy atom. The van der Waals surface area contributed by atoms with Gasteiger partial charge >= 0.3 is 6.03 Å². The number of benzene rings is 1. The minimum Gasteiger partial charge on any atom is -0.497 e. The summed E-state index contributed by atoms with van der Waals surface area (Å²) >= 11 is 0. The number of nitrogens with one attached hydrogen (secondary N) is 3. The van der Waals surface area contributed by atoms with Gasteiger partial charge in [0, 0.05) is 18.3 Å². The van der Waals surface area contributed by atoms with Gasteiger partial charge in [-0.3, -0.25) is 10.2 Å². The van der Waals surface area contributed by atoms with Crippen LogP contribution < -0.4 is 21.2 Å². The van der Waals surface area contributed by atoms with Gasteiger partial charge in [0.2, 0.25) is 5.91 Å². The van der Waals surface area contributed by atoms with Crippen LogP contribution >= 0.6 is 0 Å². The number of methoxy groups -OCH3 is 1. The molecule has 3 amide bonds. The molecule has 5 atom stereocenters. The molecule has 1 aliphatic carbocycles. The van der Waals surface area contributed by atoms with Crippen molar-refractivity contribution in [2.45, 2.75) is 31.8 Å². The highest BCUT2D eigenvalue weighted by molar-refractivity contribution is 6.06. The van der Waals surface area contributed by atoms with Crippen molar-refractivity contribution in [2.75, 3.05) is 7.11 Å². The molecule has 0 radical (unpaired) electrons. The van der Waals surface area contributed by atoms with Crippen LogP contribution in [-0.4, -0.2) is 35.6 Å². The zero-order valence-electron chi connectivity index (χ0n) is 17.4. The van der Waals surface area contributed by atoms with E-state index in [0.717, 1.165) is 0 Å². The van der Waals surface area contributed by atoms with Crippen LogP contribution in [0.25, 0.3) is 0 Å². The number of nitrogens with zero attached hydrogens (tertiary/aromatic N) is 3. The van der Waals surface area contributed by atoms with Crippen molar-refractivity contribution in [1.29, 1.82) is 15.9 Å². The second-order valence-corrected chi connectivity index (χ2v) is 8.63. The Labute approximate surface area is 179 Å². The van der Waals surface area contributed by atoms with Crippen molar-refractivity contribution in [3.63, 3.8) is 0 Å². The van der Waals surface area contributed by atoms with E-state index in [0.29, 0.717) is 11.3 Å². The second-order valence-electron chi connectivity index (χ2n) is 8.63. The molecule has 1 spiro atoms. The molecular weight excluding hydrogens is 398 g/mol. The van der Waals surface area contributed by atoms with E-state index < -0.39 is 40.3 Å². The van der Waals surface area contributed by atoms with E-state index in [2.05, 4.69) is 22.9 Å². The van der Waals surface area contributed by atoms with Crippen LogP contribution in [0.15, 0.2) is 24.3 Å². The Balaban J connectivity index is 2.03. The molecule has 4 aliphatic rings. The number of carbonyl (C=O) groups excluding carboxylic acids is 2. The molecule has 0 aromatic heterocycles. The van der Waals surface area contributed by atoms with Crippen molar-refractivity contribution in [3.8, 4) is 17.9 Å². The predicted octanol–water partition coefficient (Wildman–Crippen LogP) is 1.18. The molecule has 5 rings (SSSR count). The molecule has 3 aliphatic heterocycles. The number of ether oxygens (including phenoxy) is 1. The average molecular weight is 421 g/mol. The highest BCUT2D eigenvalue weighted by atomic mass is 16.5.